The Balaban J connectivity index is 1.71. The van der Waals surface area contributed by atoms with Crippen LogP contribution in [0.15, 0.2) is 5.38 Å². The van der Waals surface area contributed by atoms with E-state index in [9.17, 15) is 0 Å². The van der Waals surface area contributed by atoms with Gasteiger partial charge >= 0.3 is 0 Å². The molecule has 0 amide bonds. The lowest BCUT2D eigenvalue weighted by molar-refractivity contribution is 0.0126. The Morgan fingerprint density at radius 2 is 2.38 bits per heavy atom. The van der Waals surface area contributed by atoms with Gasteiger partial charge in [0.2, 0.25) is 0 Å². The number of nitrogens with zero attached hydrogens (tertiary/aromatic N) is 1. The molecule has 16 heavy (non-hydrogen) atoms. The number of ether oxygens (including phenoxy) is 1. The van der Waals surface area contributed by atoms with Crippen molar-refractivity contribution >= 4 is 11.3 Å². The third-order valence-corrected chi connectivity index (χ3v) is 4.48. The van der Waals surface area contributed by atoms with Gasteiger partial charge in [0.25, 0.3) is 0 Å². The second kappa shape index (κ2) is 4.82. The fraction of sp³-hybridized carbons (Fsp3) is 0.750. The number of nitrogens with one attached hydrogen (secondary N) is 1. The normalized spacial score (nSPS) is 30.8. The molecule has 1 aromatic heterocycles. The zero-order valence-corrected chi connectivity index (χ0v) is 10.3. The molecule has 0 radical (unpaired) electrons. The van der Waals surface area contributed by atoms with Crippen molar-refractivity contribution in [3.05, 3.63) is 16.1 Å². The maximum Gasteiger partial charge on any atom is 0.100 e. The Morgan fingerprint density at radius 3 is 3.12 bits per heavy atom. The van der Waals surface area contributed by atoms with E-state index in [4.69, 9.17) is 9.72 Å². The summed E-state index contributed by atoms with van der Waals surface area (Å²) < 4.78 is 5.77. The number of rotatable bonds is 2. The lowest BCUT2D eigenvalue weighted by atomic mass is 10.1. The highest BCUT2D eigenvalue weighted by Gasteiger charge is 2.23. The second-order valence-electron chi connectivity index (χ2n) is 4.66. The van der Waals surface area contributed by atoms with E-state index in [2.05, 4.69) is 10.7 Å². The first-order valence-corrected chi connectivity index (χ1v) is 7.09. The molecule has 2 aliphatic rings. The maximum atomic E-state index is 5.77. The summed E-state index contributed by atoms with van der Waals surface area (Å²) in [5.74, 6) is 0.641. The van der Waals surface area contributed by atoms with Crippen LogP contribution in [0.4, 0.5) is 0 Å². The van der Waals surface area contributed by atoms with Gasteiger partial charge < -0.3 is 10.1 Å². The van der Waals surface area contributed by atoms with Gasteiger partial charge in [-0.1, -0.05) is 0 Å². The summed E-state index contributed by atoms with van der Waals surface area (Å²) in [6.45, 7) is 3.14. The van der Waals surface area contributed by atoms with E-state index in [0.717, 1.165) is 26.1 Å². The van der Waals surface area contributed by atoms with Gasteiger partial charge in [-0.25, -0.2) is 4.98 Å². The van der Waals surface area contributed by atoms with Gasteiger partial charge in [0, 0.05) is 24.4 Å². The fourth-order valence-electron chi connectivity index (χ4n) is 2.48. The van der Waals surface area contributed by atoms with Crippen LogP contribution in [0.3, 0.4) is 0 Å². The van der Waals surface area contributed by atoms with Crippen LogP contribution in [0.25, 0.3) is 0 Å². The second-order valence-corrected chi connectivity index (χ2v) is 5.55. The van der Waals surface area contributed by atoms with Crippen LogP contribution in [0.1, 0.15) is 48.4 Å². The topological polar surface area (TPSA) is 34.2 Å². The van der Waals surface area contributed by atoms with E-state index in [0.29, 0.717) is 5.92 Å². The lowest BCUT2D eigenvalue weighted by Crippen LogP contribution is -2.12. The molecule has 88 valence electrons. The summed E-state index contributed by atoms with van der Waals surface area (Å²) in [4.78, 5) is 4.77. The van der Waals surface area contributed by atoms with Crippen molar-refractivity contribution < 1.29 is 4.74 Å². The number of aromatic nitrogens is 1. The molecule has 3 heterocycles. The third kappa shape index (κ3) is 2.14. The van der Waals surface area contributed by atoms with Gasteiger partial charge in [-0.05, 0) is 32.2 Å². The van der Waals surface area contributed by atoms with E-state index < -0.39 is 0 Å². The molecular formula is C12H18N2OS. The summed E-state index contributed by atoms with van der Waals surface area (Å²) in [6, 6.07) is 0. The summed E-state index contributed by atoms with van der Waals surface area (Å²) in [7, 11) is 0. The van der Waals surface area contributed by atoms with E-state index >= 15 is 0 Å². The molecule has 2 unspecified atom stereocenters. The molecule has 3 nitrogen and oxygen atoms in total. The fourth-order valence-corrected chi connectivity index (χ4v) is 3.47. The minimum Gasteiger partial charge on any atom is -0.372 e. The molecule has 0 aromatic carbocycles. The van der Waals surface area contributed by atoms with Crippen molar-refractivity contribution in [2.45, 2.75) is 37.7 Å². The first-order valence-electron chi connectivity index (χ1n) is 6.21. The largest absolute Gasteiger partial charge is 0.372 e. The quantitative estimate of drug-likeness (QED) is 0.859. The predicted octanol–water partition coefficient (Wildman–Crippen LogP) is 2.46. The summed E-state index contributed by atoms with van der Waals surface area (Å²) in [5, 5.41) is 6.89. The van der Waals surface area contributed by atoms with Crippen molar-refractivity contribution in [2.75, 3.05) is 19.7 Å². The van der Waals surface area contributed by atoms with Gasteiger partial charge in [0.05, 0.1) is 10.7 Å². The average molecular weight is 238 g/mol. The number of thiazole rings is 1. The van der Waals surface area contributed by atoms with Crippen LogP contribution in [-0.2, 0) is 4.74 Å². The molecule has 0 bridgehead atoms. The predicted molar refractivity (Wildman–Crippen MR) is 64.9 cm³/mol. The Bertz CT molecular complexity index is 341. The van der Waals surface area contributed by atoms with Gasteiger partial charge in [-0.15, -0.1) is 11.3 Å². The summed E-state index contributed by atoms with van der Waals surface area (Å²) in [5.41, 5.74) is 1.17. The molecule has 3 rings (SSSR count). The van der Waals surface area contributed by atoms with E-state index in [-0.39, 0.29) is 6.10 Å². The first kappa shape index (κ1) is 10.7. The maximum absolute atomic E-state index is 5.77. The Kier molecular flexibility index (Phi) is 3.22. The molecular weight excluding hydrogens is 220 g/mol. The Morgan fingerprint density at radius 1 is 1.38 bits per heavy atom. The zero-order valence-electron chi connectivity index (χ0n) is 9.45. The van der Waals surface area contributed by atoms with Crippen molar-refractivity contribution in [3.63, 3.8) is 0 Å². The van der Waals surface area contributed by atoms with Crippen LogP contribution >= 0.6 is 11.3 Å². The Labute approximate surface area is 100 Å². The highest BCUT2D eigenvalue weighted by atomic mass is 32.1. The molecule has 1 aromatic rings. The standard InChI is InChI=1S/C12H18N2OS/c1-2-6-15-11(3-1)10-8-16-12(14-10)9-4-5-13-7-9/h8-9,11,13H,1-7H2. The van der Waals surface area contributed by atoms with E-state index in [1.807, 2.05) is 11.3 Å². The zero-order chi connectivity index (χ0) is 10.8. The molecule has 2 saturated heterocycles. The minimum atomic E-state index is 0.271. The molecule has 0 aliphatic carbocycles. The van der Waals surface area contributed by atoms with Crippen molar-refractivity contribution in [2.24, 2.45) is 0 Å². The van der Waals surface area contributed by atoms with Crippen LogP contribution in [0, 0.1) is 0 Å². The van der Waals surface area contributed by atoms with Gasteiger partial charge in [-0.3, -0.25) is 0 Å². The smallest absolute Gasteiger partial charge is 0.100 e. The molecule has 4 heteroatoms. The number of hydrogen-bond donors (Lipinski definition) is 1. The SMILES string of the molecule is c1sc(C2CCNC2)nc1C1CCCCO1. The van der Waals surface area contributed by atoms with Crippen molar-refractivity contribution in [1.29, 1.82) is 0 Å². The molecule has 2 fully saturated rings. The van der Waals surface area contributed by atoms with Crippen LogP contribution < -0.4 is 5.32 Å². The van der Waals surface area contributed by atoms with Crippen LogP contribution in [0.5, 0.6) is 0 Å². The Hall–Kier alpha value is -0.450. The molecule has 0 saturated carbocycles. The van der Waals surface area contributed by atoms with Gasteiger partial charge in [0.15, 0.2) is 0 Å². The molecule has 1 N–H and O–H groups in total. The van der Waals surface area contributed by atoms with Crippen LogP contribution in [-0.4, -0.2) is 24.7 Å². The molecule has 0 spiro atoms. The number of hydrogen-bond acceptors (Lipinski definition) is 4. The van der Waals surface area contributed by atoms with Crippen molar-refractivity contribution in [3.8, 4) is 0 Å². The van der Waals surface area contributed by atoms with E-state index in [1.165, 1.54) is 30.0 Å². The van der Waals surface area contributed by atoms with Crippen LogP contribution in [0.2, 0.25) is 0 Å². The van der Waals surface area contributed by atoms with Gasteiger partial charge in [0.1, 0.15) is 6.10 Å². The third-order valence-electron chi connectivity index (χ3n) is 3.46. The van der Waals surface area contributed by atoms with Crippen molar-refractivity contribution in [1.82, 2.24) is 10.3 Å². The monoisotopic (exact) mass is 238 g/mol. The molecule has 2 atom stereocenters. The van der Waals surface area contributed by atoms with E-state index in [1.54, 1.807) is 0 Å². The minimum absolute atomic E-state index is 0.271. The van der Waals surface area contributed by atoms with Gasteiger partial charge in [-0.2, -0.15) is 0 Å². The lowest BCUT2D eigenvalue weighted by Gasteiger charge is -2.20. The average Bonchev–Trinajstić information content (AvgIpc) is 3.01. The highest BCUT2D eigenvalue weighted by Crippen LogP contribution is 2.32. The summed E-state index contributed by atoms with van der Waals surface area (Å²) >= 11 is 1.81. The summed E-state index contributed by atoms with van der Waals surface area (Å²) in [6.07, 6.45) is 5.14. The highest BCUT2D eigenvalue weighted by molar-refractivity contribution is 7.09. The first-order chi connectivity index (χ1) is 7.93. The molecule has 2 aliphatic heterocycles.